The molecule has 0 bridgehead atoms. The molecule has 3 aromatic rings. The molecule has 2 amide bonds. The monoisotopic (exact) mass is 410 g/mol. The molecule has 1 aliphatic rings. The van der Waals surface area contributed by atoms with Crippen molar-refractivity contribution < 1.29 is 9.59 Å². The summed E-state index contributed by atoms with van der Waals surface area (Å²) < 4.78 is 1.78. The van der Waals surface area contributed by atoms with E-state index in [9.17, 15) is 9.59 Å². The number of hydrogen-bond donors (Lipinski definition) is 2. The van der Waals surface area contributed by atoms with Crippen LogP contribution in [0.25, 0.3) is 17.0 Å². The highest BCUT2D eigenvalue weighted by molar-refractivity contribution is 8.18. The minimum atomic E-state index is -0.427. The molecule has 0 saturated carbocycles. The number of nitrogens with two attached hydrogens (primary N) is 1. The highest BCUT2D eigenvalue weighted by Gasteiger charge is 2.24. The number of thioether (sulfide) groups is 1. The third-order valence-electron chi connectivity index (χ3n) is 4.12. The average Bonchev–Trinajstić information content (AvgIpc) is 3.16. The van der Waals surface area contributed by atoms with Gasteiger partial charge in [-0.3, -0.25) is 9.59 Å². The van der Waals surface area contributed by atoms with Gasteiger partial charge in [-0.1, -0.05) is 35.9 Å². The predicted molar refractivity (Wildman–Crippen MR) is 113 cm³/mol. The SMILES string of the molecule is NC(=O)Cn1cc(/C=C2\SC(=Nc3cccc(Cl)c3)NC2=O)c2ccccc21. The average molecular weight is 411 g/mol. The number of primary amides is 1. The Balaban J connectivity index is 1.68. The summed E-state index contributed by atoms with van der Waals surface area (Å²) in [5.41, 5.74) is 7.72. The molecule has 0 atom stereocenters. The number of carbonyl (C=O) groups is 2. The third-order valence-corrected chi connectivity index (χ3v) is 5.27. The maximum atomic E-state index is 12.4. The Morgan fingerprint density at radius 3 is 2.86 bits per heavy atom. The standard InChI is InChI=1S/C20H15ClN4O2S/c21-13-4-3-5-14(9-13)23-20-24-19(27)17(28-20)8-12-10-25(11-18(22)26)16-7-2-1-6-15(12)16/h1-10H,11H2,(H2,22,26)(H,23,24,27)/b17-8-. The number of amides is 2. The summed E-state index contributed by atoms with van der Waals surface area (Å²) in [6.45, 7) is 0.0739. The summed E-state index contributed by atoms with van der Waals surface area (Å²) in [6, 6.07) is 14.7. The summed E-state index contributed by atoms with van der Waals surface area (Å²) >= 11 is 7.23. The van der Waals surface area contributed by atoms with Gasteiger partial charge >= 0.3 is 0 Å². The zero-order valence-corrected chi connectivity index (χ0v) is 16.1. The number of aromatic nitrogens is 1. The molecule has 6 nitrogen and oxygen atoms in total. The Kier molecular flexibility index (Phi) is 4.93. The van der Waals surface area contributed by atoms with E-state index in [1.807, 2.05) is 36.5 Å². The first kappa shape index (κ1) is 18.3. The summed E-state index contributed by atoms with van der Waals surface area (Å²) in [4.78, 5) is 28.7. The van der Waals surface area contributed by atoms with Crippen molar-refractivity contribution in [1.29, 1.82) is 0 Å². The van der Waals surface area contributed by atoms with Gasteiger partial charge < -0.3 is 15.6 Å². The van der Waals surface area contributed by atoms with Crippen LogP contribution in [-0.4, -0.2) is 21.5 Å². The largest absolute Gasteiger partial charge is 0.368 e. The van der Waals surface area contributed by atoms with Crippen LogP contribution >= 0.6 is 23.4 Å². The fourth-order valence-corrected chi connectivity index (χ4v) is 3.99. The number of para-hydroxylation sites is 1. The first-order chi connectivity index (χ1) is 13.5. The van der Waals surface area contributed by atoms with Gasteiger partial charge in [-0.2, -0.15) is 0 Å². The van der Waals surface area contributed by atoms with Crippen LogP contribution in [0.1, 0.15) is 5.56 Å². The first-order valence-electron chi connectivity index (χ1n) is 8.41. The van der Waals surface area contributed by atoms with Crippen molar-refractivity contribution in [1.82, 2.24) is 9.88 Å². The van der Waals surface area contributed by atoms with Crippen molar-refractivity contribution in [3.8, 4) is 0 Å². The van der Waals surface area contributed by atoms with Gasteiger partial charge in [-0.25, -0.2) is 4.99 Å². The molecule has 0 unspecified atom stereocenters. The van der Waals surface area contributed by atoms with Crippen molar-refractivity contribution >= 4 is 63.0 Å². The molecule has 0 radical (unpaired) electrons. The number of nitrogens with one attached hydrogen (secondary N) is 1. The summed E-state index contributed by atoms with van der Waals surface area (Å²) in [7, 11) is 0. The second kappa shape index (κ2) is 7.53. The minimum absolute atomic E-state index is 0.0739. The molecular weight excluding hydrogens is 396 g/mol. The van der Waals surface area contributed by atoms with Crippen molar-refractivity contribution in [2.24, 2.45) is 10.7 Å². The first-order valence-corrected chi connectivity index (χ1v) is 9.60. The van der Waals surface area contributed by atoms with Crippen molar-refractivity contribution in [2.45, 2.75) is 6.54 Å². The van der Waals surface area contributed by atoms with Crippen LogP contribution in [0, 0.1) is 0 Å². The number of nitrogens with zero attached hydrogens (tertiary/aromatic N) is 2. The Labute approximate surface area is 170 Å². The summed E-state index contributed by atoms with van der Waals surface area (Å²) in [5, 5.41) is 4.76. The lowest BCUT2D eigenvalue weighted by molar-refractivity contribution is -0.118. The van der Waals surface area contributed by atoms with Crippen LogP contribution in [-0.2, 0) is 16.1 Å². The fraction of sp³-hybridized carbons (Fsp3) is 0.0500. The van der Waals surface area contributed by atoms with E-state index in [-0.39, 0.29) is 12.5 Å². The van der Waals surface area contributed by atoms with E-state index < -0.39 is 5.91 Å². The van der Waals surface area contributed by atoms with Gasteiger partial charge in [0, 0.05) is 27.7 Å². The van der Waals surface area contributed by atoms with Crippen molar-refractivity contribution in [2.75, 3.05) is 0 Å². The summed E-state index contributed by atoms with van der Waals surface area (Å²) in [6.07, 6.45) is 3.61. The molecule has 3 N–H and O–H groups in total. The Bertz CT molecular complexity index is 1170. The second-order valence-corrected chi connectivity index (χ2v) is 7.62. The number of rotatable bonds is 4. The molecule has 0 spiro atoms. The topological polar surface area (TPSA) is 89.5 Å². The van der Waals surface area contributed by atoms with Gasteiger partial charge in [0.2, 0.25) is 5.91 Å². The molecule has 2 aromatic carbocycles. The van der Waals surface area contributed by atoms with E-state index >= 15 is 0 Å². The van der Waals surface area contributed by atoms with Gasteiger partial charge in [0.25, 0.3) is 5.91 Å². The maximum absolute atomic E-state index is 12.4. The molecule has 8 heteroatoms. The van der Waals surface area contributed by atoms with E-state index in [4.69, 9.17) is 17.3 Å². The molecular formula is C20H15ClN4O2S. The highest BCUT2D eigenvalue weighted by atomic mass is 35.5. The number of hydrogen-bond acceptors (Lipinski definition) is 4. The number of aliphatic imine (C=N–C) groups is 1. The predicted octanol–water partition coefficient (Wildman–Crippen LogP) is 3.67. The van der Waals surface area contributed by atoms with Crippen LogP contribution in [0.15, 0.2) is 64.6 Å². The third kappa shape index (κ3) is 3.81. The number of halogens is 1. The van der Waals surface area contributed by atoms with Gasteiger partial charge in [-0.05, 0) is 42.1 Å². The number of fused-ring (bicyclic) bond motifs is 1. The molecule has 28 heavy (non-hydrogen) atoms. The van der Waals surface area contributed by atoms with Crippen LogP contribution in [0.5, 0.6) is 0 Å². The molecule has 1 fully saturated rings. The van der Waals surface area contributed by atoms with E-state index in [2.05, 4.69) is 10.3 Å². The second-order valence-electron chi connectivity index (χ2n) is 6.16. The molecule has 1 aliphatic heterocycles. The lowest BCUT2D eigenvalue weighted by atomic mass is 10.1. The number of carbonyl (C=O) groups excluding carboxylic acids is 2. The molecule has 1 aromatic heterocycles. The molecule has 2 heterocycles. The van der Waals surface area contributed by atoms with Crippen LogP contribution < -0.4 is 11.1 Å². The van der Waals surface area contributed by atoms with E-state index in [1.54, 1.807) is 28.8 Å². The minimum Gasteiger partial charge on any atom is -0.368 e. The van der Waals surface area contributed by atoms with Crippen molar-refractivity contribution in [3.63, 3.8) is 0 Å². The number of amidine groups is 1. The molecule has 140 valence electrons. The molecule has 0 aliphatic carbocycles. The van der Waals surface area contributed by atoms with Crippen LogP contribution in [0.3, 0.4) is 0 Å². The Morgan fingerprint density at radius 2 is 2.07 bits per heavy atom. The van der Waals surface area contributed by atoms with Crippen LogP contribution in [0.4, 0.5) is 5.69 Å². The highest BCUT2D eigenvalue weighted by Crippen LogP contribution is 2.31. The number of benzene rings is 2. The van der Waals surface area contributed by atoms with Gasteiger partial charge in [0.15, 0.2) is 5.17 Å². The fourth-order valence-electron chi connectivity index (χ4n) is 2.97. The lowest BCUT2D eigenvalue weighted by Gasteiger charge is -2.00. The van der Waals surface area contributed by atoms with E-state index in [0.717, 1.165) is 16.5 Å². The molecule has 4 rings (SSSR count). The van der Waals surface area contributed by atoms with Crippen LogP contribution in [0.2, 0.25) is 5.02 Å². The van der Waals surface area contributed by atoms with E-state index in [0.29, 0.717) is 20.8 Å². The van der Waals surface area contributed by atoms with Gasteiger partial charge in [-0.15, -0.1) is 0 Å². The molecule has 1 saturated heterocycles. The van der Waals surface area contributed by atoms with Gasteiger partial charge in [0.1, 0.15) is 6.54 Å². The zero-order valence-electron chi connectivity index (χ0n) is 14.6. The smallest absolute Gasteiger partial charge is 0.264 e. The normalized spacial score (nSPS) is 16.8. The van der Waals surface area contributed by atoms with Crippen molar-refractivity contribution in [3.05, 3.63) is 70.2 Å². The lowest BCUT2D eigenvalue weighted by Crippen LogP contribution is -2.19. The summed E-state index contributed by atoms with van der Waals surface area (Å²) in [5.74, 6) is -0.651. The quantitative estimate of drug-likeness (QED) is 0.643. The Morgan fingerprint density at radius 1 is 1.25 bits per heavy atom. The van der Waals surface area contributed by atoms with E-state index in [1.165, 1.54) is 11.8 Å². The Hall–Kier alpha value is -3.03. The maximum Gasteiger partial charge on any atom is 0.264 e. The zero-order chi connectivity index (χ0) is 19.7. The van der Waals surface area contributed by atoms with Gasteiger partial charge in [0.05, 0.1) is 10.6 Å².